The summed E-state index contributed by atoms with van der Waals surface area (Å²) in [5.41, 5.74) is 5.03. The maximum absolute atomic E-state index is 13.4. The quantitative estimate of drug-likeness (QED) is 0.539. The van der Waals surface area contributed by atoms with Crippen molar-refractivity contribution in [3.63, 3.8) is 0 Å². The van der Waals surface area contributed by atoms with Crippen molar-refractivity contribution in [3.8, 4) is 5.69 Å². The number of rotatable bonds is 4. The van der Waals surface area contributed by atoms with Gasteiger partial charge in [0.1, 0.15) is 12.1 Å². The highest BCUT2D eigenvalue weighted by atomic mass is 16.2. The predicted molar refractivity (Wildman–Crippen MR) is 127 cm³/mol. The zero-order valence-electron chi connectivity index (χ0n) is 18.9. The van der Waals surface area contributed by atoms with Crippen molar-refractivity contribution in [1.29, 1.82) is 0 Å². The van der Waals surface area contributed by atoms with Gasteiger partial charge in [-0.1, -0.05) is 23.8 Å². The van der Waals surface area contributed by atoms with Crippen molar-refractivity contribution in [2.75, 3.05) is 5.32 Å². The van der Waals surface area contributed by atoms with Crippen LogP contribution in [-0.4, -0.2) is 19.6 Å². The summed E-state index contributed by atoms with van der Waals surface area (Å²) < 4.78 is 4.24. The van der Waals surface area contributed by atoms with Crippen molar-refractivity contribution >= 4 is 22.6 Å². The summed E-state index contributed by atoms with van der Waals surface area (Å²) in [6, 6.07) is 14.6. The maximum Gasteiger partial charge on any atom is 0.336 e. The van der Waals surface area contributed by atoms with Crippen LogP contribution in [0.2, 0.25) is 0 Å². The largest absolute Gasteiger partial charge is 0.342 e. The molecule has 0 radical (unpaired) electrons. The molecule has 0 saturated carbocycles. The number of carbonyl (C=O) groups is 1. The molecule has 0 atom stereocenters. The number of carbonyl (C=O) groups excluding carboxylic acids is 1. The summed E-state index contributed by atoms with van der Waals surface area (Å²) >= 11 is 0. The molecule has 0 unspecified atom stereocenters. The molecule has 0 spiro atoms. The van der Waals surface area contributed by atoms with E-state index in [1.54, 1.807) is 29.8 Å². The molecule has 0 aliphatic carbocycles. The SMILES string of the molecule is Cc1ccc(-n2c(=O)c3c(cc(C)n3C)n(CC(=O)Nc3ccc(C)c(C)c3)c2=O)cc1. The van der Waals surface area contributed by atoms with Gasteiger partial charge >= 0.3 is 5.69 Å². The fourth-order valence-corrected chi connectivity index (χ4v) is 3.82. The van der Waals surface area contributed by atoms with Crippen LogP contribution in [0.25, 0.3) is 16.7 Å². The fraction of sp³-hybridized carbons (Fsp3) is 0.240. The number of hydrogen-bond donors (Lipinski definition) is 1. The molecule has 4 rings (SSSR count). The summed E-state index contributed by atoms with van der Waals surface area (Å²) in [4.78, 5) is 39.6. The molecular weight excluding hydrogens is 404 g/mol. The van der Waals surface area contributed by atoms with Gasteiger partial charge in [-0.25, -0.2) is 9.36 Å². The monoisotopic (exact) mass is 430 g/mol. The van der Waals surface area contributed by atoms with E-state index in [0.717, 1.165) is 27.0 Å². The van der Waals surface area contributed by atoms with E-state index < -0.39 is 11.2 Å². The van der Waals surface area contributed by atoms with Gasteiger partial charge < -0.3 is 9.88 Å². The van der Waals surface area contributed by atoms with Crippen molar-refractivity contribution in [1.82, 2.24) is 13.7 Å². The first kappa shape index (κ1) is 21.4. The Kier molecular flexibility index (Phi) is 5.34. The Bertz CT molecular complexity index is 1470. The number of amides is 1. The second-order valence-corrected chi connectivity index (χ2v) is 8.27. The third-order valence-electron chi connectivity index (χ3n) is 5.96. The van der Waals surface area contributed by atoms with E-state index in [1.165, 1.54) is 4.57 Å². The molecule has 1 amide bonds. The van der Waals surface area contributed by atoms with Gasteiger partial charge in [-0.2, -0.15) is 0 Å². The van der Waals surface area contributed by atoms with Crippen molar-refractivity contribution < 1.29 is 4.79 Å². The number of nitrogens with zero attached hydrogens (tertiary/aromatic N) is 3. The lowest BCUT2D eigenvalue weighted by atomic mass is 10.1. The van der Waals surface area contributed by atoms with Gasteiger partial charge in [-0.05, 0) is 69.2 Å². The molecular formula is C25H26N4O3. The molecule has 2 aromatic carbocycles. The number of aryl methyl sites for hydroxylation is 5. The number of fused-ring (bicyclic) bond motifs is 1. The Morgan fingerprint density at radius 2 is 1.59 bits per heavy atom. The average molecular weight is 431 g/mol. The number of nitrogens with one attached hydrogen (secondary N) is 1. The Balaban J connectivity index is 1.84. The Labute approximate surface area is 185 Å². The highest BCUT2D eigenvalue weighted by molar-refractivity contribution is 5.91. The van der Waals surface area contributed by atoms with E-state index in [-0.39, 0.29) is 12.5 Å². The maximum atomic E-state index is 13.4. The fourth-order valence-electron chi connectivity index (χ4n) is 3.82. The van der Waals surface area contributed by atoms with Crippen LogP contribution in [0.3, 0.4) is 0 Å². The van der Waals surface area contributed by atoms with E-state index in [2.05, 4.69) is 5.32 Å². The third-order valence-corrected chi connectivity index (χ3v) is 5.96. The molecule has 32 heavy (non-hydrogen) atoms. The van der Waals surface area contributed by atoms with Crippen LogP contribution < -0.4 is 16.6 Å². The van der Waals surface area contributed by atoms with Gasteiger partial charge in [0.25, 0.3) is 5.56 Å². The Morgan fingerprint density at radius 1 is 0.906 bits per heavy atom. The standard InChI is InChI=1S/C25H26N4O3/c1-15-6-10-20(11-7-15)29-24(31)23-21(13-18(4)27(23)5)28(25(29)32)14-22(30)26-19-9-8-16(2)17(3)12-19/h6-13H,14H2,1-5H3,(H,26,30). The first-order valence-corrected chi connectivity index (χ1v) is 10.4. The molecule has 164 valence electrons. The van der Waals surface area contributed by atoms with Crippen molar-refractivity contribution in [3.05, 3.63) is 91.8 Å². The van der Waals surface area contributed by atoms with E-state index in [0.29, 0.717) is 22.4 Å². The number of aromatic nitrogens is 3. The first-order valence-electron chi connectivity index (χ1n) is 10.4. The van der Waals surface area contributed by atoms with Gasteiger partial charge in [0.05, 0.1) is 11.2 Å². The highest BCUT2D eigenvalue weighted by Gasteiger charge is 2.20. The lowest BCUT2D eigenvalue weighted by Gasteiger charge is -2.14. The third kappa shape index (κ3) is 3.66. The van der Waals surface area contributed by atoms with Crippen LogP contribution >= 0.6 is 0 Å². The van der Waals surface area contributed by atoms with Crippen LogP contribution in [0.4, 0.5) is 5.69 Å². The van der Waals surface area contributed by atoms with E-state index >= 15 is 0 Å². The van der Waals surface area contributed by atoms with Gasteiger partial charge in [0.2, 0.25) is 5.91 Å². The van der Waals surface area contributed by atoms with E-state index in [1.807, 2.05) is 58.0 Å². The molecule has 7 heteroatoms. The summed E-state index contributed by atoms with van der Waals surface area (Å²) in [5, 5.41) is 2.86. The van der Waals surface area contributed by atoms with Crippen LogP contribution in [0.5, 0.6) is 0 Å². The molecule has 0 aliphatic rings. The lowest BCUT2D eigenvalue weighted by Crippen LogP contribution is -2.41. The van der Waals surface area contributed by atoms with E-state index in [9.17, 15) is 14.4 Å². The van der Waals surface area contributed by atoms with Crippen molar-refractivity contribution in [2.45, 2.75) is 34.2 Å². The number of benzene rings is 2. The molecule has 0 aliphatic heterocycles. The summed E-state index contributed by atoms with van der Waals surface area (Å²) in [5.74, 6) is -0.340. The van der Waals surface area contributed by atoms with Gasteiger partial charge in [0.15, 0.2) is 0 Å². The molecule has 1 N–H and O–H groups in total. The minimum Gasteiger partial charge on any atom is -0.342 e. The zero-order valence-corrected chi connectivity index (χ0v) is 18.9. The van der Waals surface area contributed by atoms with Crippen LogP contribution in [0, 0.1) is 27.7 Å². The number of anilines is 1. The number of hydrogen-bond acceptors (Lipinski definition) is 3. The normalized spacial score (nSPS) is 11.2. The van der Waals surface area contributed by atoms with Gasteiger partial charge in [-0.15, -0.1) is 0 Å². The molecule has 0 saturated heterocycles. The molecule has 0 bridgehead atoms. The Hall–Kier alpha value is -3.87. The lowest BCUT2D eigenvalue weighted by molar-refractivity contribution is -0.116. The highest BCUT2D eigenvalue weighted by Crippen LogP contribution is 2.17. The molecule has 2 aromatic heterocycles. The molecule has 0 fully saturated rings. The second-order valence-electron chi connectivity index (χ2n) is 8.27. The minimum absolute atomic E-state index is 0.210. The van der Waals surface area contributed by atoms with Gasteiger partial charge in [-0.3, -0.25) is 14.2 Å². The van der Waals surface area contributed by atoms with Gasteiger partial charge in [0, 0.05) is 18.4 Å². The van der Waals surface area contributed by atoms with Crippen LogP contribution in [0.1, 0.15) is 22.4 Å². The summed E-state index contributed by atoms with van der Waals surface area (Å²) in [7, 11) is 1.78. The molecule has 7 nitrogen and oxygen atoms in total. The smallest absolute Gasteiger partial charge is 0.336 e. The van der Waals surface area contributed by atoms with E-state index in [4.69, 9.17) is 0 Å². The second kappa shape index (κ2) is 8.00. The zero-order chi connectivity index (χ0) is 23.2. The first-order chi connectivity index (χ1) is 15.2. The summed E-state index contributed by atoms with van der Waals surface area (Å²) in [6.07, 6.45) is 0. The predicted octanol–water partition coefficient (Wildman–Crippen LogP) is 3.36. The summed E-state index contributed by atoms with van der Waals surface area (Å²) in [6.45, 7) is 7.57. The average Bonchev–Trinajstić information content (AvgIpc) is 3.04. The van der Waals surface area contributed by atoms with Crippen molar-refractivity contribution in [2.24, 2.45) is 7.05 Å². The molecule has 4 aromatic rings. The topological polar surface area (TPSA) is 78.0 Å². The van der Waals surface area contributed by atoms with Crippen LogP contribution in [-0.2, 0) is 18.4 Å². The Morgan fingerprint density at radius 3 is 2.25 bits per heavy atom. The molecule has 2 heterocycles. The minimum atomic E-state index is -0.549. The van der Waals surface area contributed by atoms with Crippen LogP contribution in [0.15, 0.2) is 58.1 Å².